The van der Waals surface area contributed by atoms with Crippen LogP contribution in [0.2, 0.25) is 0 Å². The number of anilines is 2. The molecule has 2 aromatic carbocycles. The molecular formula is C24H28N4O3. The molecule has 2 amide bonds. The Hall–Kier alpha value is -3.48. The summed E-state index contributed by atoms with van der Waals surface area (Å²) in [6, 6.07) is 14.6. The largest absolute Gasteiger partial charge is 0.416 e. The van der Waals surface area contributed by atoms with Crippen molar-refractivity contribution in [3.63, 3.8) is 0 Å². The van der Waals surface area contributed by atoms with E-state index in [4.69, 9.17) is 4.42 Å². The van der Waals surface area contributed by atoms with Gasteiger partial charge in [0.25, 0.3) is 0 Å². The zero-order chi connectivity index (χ0) is 22.4. The maximum Gasteiger partial charge on any atom is 0.248 e. The highest BCUT2D eigenvalue weighted by Gasteiger charge is 2.13. The SMILES string of the molecule is CC(C)CC(=O)Nc1ccc(-c2nnc(-c3cccc(NC(=O)CC(C)C)c3)o2)cc1. The Kier molecular flexibility index (Phi) is 7.18. The highest BCUT2D eigenvalue weighted by atomic mass is 16.4. The second-order valence-corrected chi connectivity index (χ2v) is 8.36. The fraction of sp³-hybridized carbons (Fsp3) is 0.333. The summed E-state index contributed by atoms with van der Waals surface area (Å²) < 4.78 is 5.83. The van der Waals surface area contributed by atoms with E-state index >= 15 is 0 Å². The van der Waals surface area contributed by atoms with Crippen molar-refractivity contribution < 1.29 is 14.0 Å². The molecule has 0 bridgehead atoms. The minimum Gasteiger partial charge on any atom is -0.416 e. The molecule has 0 aliphatic rings. The van der Waals surface area contributed by atoms with Gasteiger partial charge in [0.05, 0.1) is 0 Å². The summed E-state index contributed by atoms with van der Waals surface area (Å²) in [4.78, 5) is 23.9. The predicted octanol–water partition coefficient (Wildman–Crippen LogP) is 5.37. The van der Waals surface area contributed by atoms with E-state index in [0.717, 1.165) is 16.8 Å². The van der Waals surface area contributed by atoms with Gasteiger partial charge in [-0.25, -0.2) is 0 Å². The molecule has 0 aliphatic carbocycles. The number of benzene rings is 2. The third-order valence-corrected chi connectivity index (χ3v) is 4.42. The van der Waals surface area contributed by atoms with Gasteiger partial charge < -0.3 is 15.1 Å². The molecule has 0 atom stereocenters. The first-order valence-corrected chi connectivity index (χ1v) is 10.4. The first-order chi connectivity index (χ1) is 14.8. The quantitative estimate of drug-likeness (QED) is 0.510. The molecular weight excluding hydrogens is 392 g/mol. The van der Waals surface area contributed by atoms with E-state index in [-0.39, 0.29) is 17.7 Å². The van der Waals surface area contributed by atoms with Crippen molar-refractivity contribution in [1.82, 2.24) is 10.2 Å². The van der Waals surface area contributed by atoms with Gasteiger partial charge in [-0.3, -0.25) is 9.59 Å². The number of nitrogens with one attached hydrogen (secondary N) is 2. The number of nitrogens with zero attached hydrogens (tertiary/aromatic N) is 2. The summed E-state index contributed by atoms with van der Waals surface area (Å²) in [6.45, 7) is 8.01. The Morgan fingerprint density at radius 1 is 0.774 bits per heavy atom. The Morgan fingerprint density at radius 2 is 1.32 bits per heavy atom. The van der Waals surface area contributed by atoms with E-state index in [1.807, 2.05) is 76.2 Å². The standard InChI is InChI=1S/C24H28N4O3/c1-15(2)12-21(29)25-19-10-8-17(9-11-19)23-27-28-24(31-23)18-6-5-7-20(14-18)26-22(30)13-16(3)4/h5-11,14-16H,12-13H2,1-4H3,(H,25,29)(H,26,30). The molecule has 0 radical (unpaired) electrons. The summed E-state index contributed by atoms with van der Waals surface area (Å²) in [5.41, 5.74) is 2.88. The van der Waals surface area contributed by atoms with Crippen LogP contribution in [-0.2, 0) is 9.59 Å². The van der Waals surface area contributed by atoms with Gasteiger partial charge >= 0.3 is 0 Å². The minimum atomic E-state index is -0.0288. The van der Waals surface area contributed by atoms with Crippen LogP contribution in [0.15, 0.2) is 52.9 Å². The maximum absolute atomic E-state index is 12.0. The third-order valence-electron chi connectivity index (χ3n) is 4.42. The highest BCUT2D eigenvalue weighted by Crippen LogP contribution is 2.26. The topological polar surface area (TPSA) is 97.1 Å². The molecule has 1 aromatic heterocycles. The minimum absolute atomic E-state index is 0.0109. The normalized spacial score (nSPS) is 11.0. The predicted molar refractivity (Wildman–Crippen MR) is 121 cm³/mol. The van der Waals surface area contributed by atoms with Crippen LogP contribution in [0.5, 0.6) is 0 Å². The zero-order valence-electron chi connectivity index (χ0n) is 18.3. The van der Waals surface area contributed by atoms with Crippen molar-refractivity contribution in [2.75, 3.05) is 10.6 Å². The van der Waals surface area contributed by atoms with E-state index in [2.05, 4.69) is 20.8 Å². The van der Waals surface area contributed by atoms with Gasteiger partial charge in [-0.1, -0.05) is 33.8 Å². The van der Waals surface area contributed by atoms with Crippen molar-refractivity contribution in [2.24, 2.45) is 11.8 Å². The van der Waals surface area contributed by atoms with Gasteiger partial charge in [0, 0.05) is 35.3 Å². The summed E-state index contributed by atoms with van der Waals surface area (Å²) in [6.07, 6.45) is 0.939. The molecule has 7 heteroatoms. The maximum atomic E-state index is 12.0. The summed E-state index contributed by atoms with van der Waals surface area (Å²) in [7, 11) is 0. The molecule has 3 rings (SSSR count). The van der Waals surface area contributed by atoms with Crippen LogP contribution >= 0.6 is 0 Å². The van der Waals surface area contributed by atoms with Gasteiger partial charge in [-0.15, -0.1) is 10.2 Å². The van der Waals surface area contributed by atoms with Crippen LogP contribution < -0.4 is 10.6 Å². The lowest BCUT2D eigenvalue weighted by atomic mass is 10.1. The molecule has 0 saturated carbocycles. The number of rotatable bonds is 8. The molecule has 3 aromatic rings. The van der Waals surface area contributed by atoms with Crippen LogP contribution in [0.1, 0.15) is 40.5 Å². The van der Waals surface area contributed by atoms with Crippen molar-refractivity contribution in [3.8, 4) is 22.9 Å². The van der Waals surface area contributed by atoms with Crippen molar-refractivity contribution in [2.45, 2.75) is 40.5 Å². The van der Waals surface area contributed by atoms with E-state index in [1.165, 1.54) is 0 Å². The van der Waals surface area contributed by atoms with Gasteiger partial charge in [0.15, 0.2) is 0 Å². The molecule has 2 N–H and O–H groups in total. The Balaban J connectivity index is 1.69. The van der Waals surface area contributed by atoms with Crippen molar-refractivity contribution in [3.05, 3.63) is 48.5 Å². The zero-order valence-corrected chi connectivity index (χ0v) is 18.3. The van der Waals surface area contributed by atoms with Crippen LogP contribution in [0.4, 0.5) is 11.4 Å². The second kappa shape index (κ2) is 10.0. The first kappa shape index (κ1) is 22.2. The monoisotopic (exact) mass is 420 g/mol. The molecule has 0 fully saturated rings. The van der Waals surface area contributed by atoms with E-state index in [1.54, 1.807) is 0 Å². The highest BCUT2D eigenvalue weighted by molar-refractivity contribution is 5.91. The Bertz CT molecular complexity index is 1040. The lowest BCUT2D eigenvalue weighted by molar-refractivity contribution is -0.117. The number of carbonyl (C=O) groups excluding carboxylic acids is 2. The summed E-state index contributed by atoms with van der Waals surface area (Å²) >= 11 is 0. The second-order valence-electron chi connectivity index (χ2n) is 8.36. The summed E-state index contributed by atoms with van der Waals surface area (Å²) in [5.74, 6) is 1.30. The number of amides is 2. The van der Waals surface area contributed by atoms with E-state index in [9.17, 15) is 9.59 Å². The summed E-state index contributed by atoms with van der Waals surface area (Å²) in [5, 5.41) is 14.0. The molecule has 31 heavy (non-hydrogen) atoms. The Labute approximate surface area is 182 Å². The number of hydrogen-bond acceptors (Lipinski definition) is 5. The smallest absolute Gasteiger partial charge is 0.248 e. The molecule has 0 aliphatic heterocycles. The lowest BCUT2D eigenvalue weighted by Gasteiger charge is -2.08. The number of carbonyl (C=O) groups is 2. The van der Waals surface area contributed by atoms with Gasteiger partial charge in [0.1, 0.15) is 0 Å². The fourth-order valence-electron chi connectivity index (χ4n) is 3.05. The number of aromatic nitrogens is 2. The van der Waals surface area contributed by atoms with Crippen LogP contribution in [0.3, 0.4) is 0 Å². The third kappa shape index (κ3) is 6.50. The lowest BCUT2D eigenvalue weighted by Crippen LogP contribution is -2.13. The van der Waals surface area contributed by atoms with Crippen LogP contribution in [0, 0.1) is 11.8 Å². The van der Waals surface area contributed by atoms with Crippen LogP contribution in [0.25, 0.3) is 22.9 Å². The van der Waals surface area contributed by atoms with Gasteiger partial charge in [-0.05, 0) is 54.3 Å². The average Bonchev–Trinajstić information content (AvgIpc) is 3.17. The van der Waals surface area contributed by atoms with Crippen molar-refractivity contribution in [1.29, 1.82) is 0 Å². The molecule has 0 saturated heterocycles. The molecule has 162 valence electrons. The van der Waals surface area contributed by atoms with Gasteiger partial charge in [0.2, 0.25) is 23.6 Å². The molecule has 1 heterocycles. The van der Waals surface area contributed by atoms with E-state index < -0.39 is 0 Å². The van der Waals surface area contributed by atoms with Crippen molar-refractivity contribution >= 4 is 23.2 Å². The van der Waals surface area contributed by atoms with Crippen LogP contribution in [-0.4, -0.2) is 22.0 Å². The van der Waals surface area contributed by atoms with E-state index in [0.29, 0.717) is 36.2 Å². The molecule has 7 nitrogen and oxygen atoms in total. The fourth-order valence-corrected chi connectivity index (χ4v) is 3.05. The van der Waals surface area contributed by atoms with Gasteiger partial charge in [-0.2, -0.15) is 0 Å². The number of hydrogen-bond donors (Lipinski definition) is 2. The Morgan fingerprint density at radius 3 is 1.90 bits per heavy atom. The average molecular weight is 421 g/mol. The molecule has 0 spiro atoms. The first-order valence-electron chi connectivity index (χ1n) is 10.4. The molecule has 0 unspecified atom stereocenters.